The van der Waals surface area contributed by atoms with Crippen molar-refractivity contribution >= 4 is 22.7 Å². The lowest BCUT2D eigenvalue weighted by Gasteiger charge is -2.11. The predicted octanol–water partition coefficient (Wildman–Crippen LogP) is 0.178. The second-order valence-electron chi connectivity index (χ2n) is 4.94. The molecule has 1 amide bonds. The van der Waals surface area contributed by atoms with Crippen molar-refractivity contribution in [3.05, 3.63) is 40.0 Å². The van der Waals surface area contributed by atoms with Crippen LogP contribution in [0.15, 0.2) is 23.3 Å². The molecule has 1 N–H and O–H groups in total. The third-order valence-corrected chi connectivity index (χ3v) is 3.40. The van der Waals surface area contributed by atoms with E-state index in [1.165, 1.54) is 33.1 Å². The van der Waals surface area contributed by atoms with Gasteiger partial charge in [-0.15, -0.1) is 0 Å². The van der Waals surface area contributed by atoms with E-state index in [-0.39, 0.29) is 34.6 Å². The molecule has 0 aliphatic rings. The number of aromatic nitrogens is 2. The van der Waals surface area contributed by atoms with E-state index in [0.717, 1.165) is 0 Å². The summed E-state index contributed by atoms with van der Waals surface area (Å²) in [5.41, 5.74) is 2.76. The van der Waals surface area contributed by atoms with Crippen molar-refractivity contribution in [3.63, 3.8) is 0 Å². The first-order chi connectivity index (χ1) is 11.4. The van der Waals surface area contributed by atoms with Crippen LogP contribution in [0.3, 0.4) is 0 Å². The van der Waals surface area contributed by atoms with Gasteiger partial charge in [0.1, 0.15) is 17.9 Å². The van der Waals surface area contributed by atoms with Gasteiger partial charge in [-0.1, -0.05) is 0 Å². The number of hydrogen-bond donors (Lipinski definition) is 1. The van der Waals surface area contributed by atoms with Gasteiger partial charge in [0.25, 0.3) is 22.6 Å². The fourth-order valence-corrected chi connectivity index (χ4v) is 2.23. The number of rotatable bonds is 4. The minimum Gasteiger partial charge on any atom is -0.618 e. The van der Waals surface area contributed by atoms with Crippen molar-refractivity contribution in [2.75, 3.05) is 7.11 Å². The normalized spacial score (nSPS) is 11.2. The summed E-state index contributed by atoms with van der Waals surface area (Å²) >= 11 is 0. The molecule has 0 radical (unpaired) electrons. The van der Waals surface area contributed by atoms with Gasteiger partial charge in [0.05, 0.1) is 19.2 Å². The van der Waals surface area contributed by atoms with Gasteiger partial charge in [0.2, 0.25) is 0 Å². The van der Waals surface area contributed by atoms with E-state index in [1.807, 2.05) is 0 Å². The van der Waals surface area contributed by atoms with Crippen molar-refractivity contribution in [1.29, 1.82) is 5.26 Å². The van der Waals surface area contributed by atoms with Crippen LogP contribution in [-0.2, 0) is 4.79 Å². The van der Waals surface area contributed by atoms with Gasteiger partial charge < -0.3 is 15.2 Å². The summed E-state index contributed by atoms with van der Waals surface area (Å²) in [6.45, 7) is 2.96. The molecular weight excluding hydrogens is 314 g/mol. The minimum atomic E-state index is -0.607. The van der Waals surface area contributed by atoms with Gasteiger partial charge in [-0.25, -0.2) is 5.43 Å². The average Bonchev–Trinajstić information content (AvgIpc) is 2.58. The summed E-state index contributed by atoms with van der Waals surface area (Å²) in [4.78, 5) is 11.3. The summed E-state index contributed by atoms with van der Waals surface area (Å²) in [7, 11) is 1.45. The molecule has 0 fully saturated rings. The Hall–Kier alpha value is -3.41. The Morgan fingerprint density at radius 2 is 2.08 bits per heavy atom. The summed E-state index contributed by atoms with van der Waals surface area (Å²) in [6, 6.07) is 6.20. The Kier molecular flexibility index (Phi) is 4.79. The Morgan fingerprint density at radius 3 is 2.71 bits per heavy atom. The molecule has 9 heteroatoms. The van der Waals surface area contributed by atoms with Crippen molar-refractivity contribution in [2.45, 2.75) is 20.3 Å². The van der Waals surface area contributed by atoms with Gasteiger partial charge in [-0.05, 0) is 13.0 Å². The summed E-state index contributed by atoms with van der Waals surface area (Å²) in [5.74, 6) is -0.178. The molecule has 2 aromatic rings. The van der Waals surface area contributed by atoms with E-state index >= 15 is 0 Å². The molecule has 1 aromatic carbocycles. The molecule has 0 saturated carbocycles. The lowest BCUT2D eigenvalue weighted by atomic mass is 10.2. The third-order valence-electron chi connectivity index (χ3n) is 3.40. The number of hydrogen-bond acceptors (Lipinski definition) is 6. The fourth-order valence-electron chi connectivity index (χ4n) is 2.23. The molecule has 2 rings (SSSR count). The molecular formula is C15H15N5O4. The van der Waals surface area contributed by atoms with E-state index in [4.69, 9.17) is 10.00 Å². The maximum atomic E-state index is 12.6. The molecule has 124 valence electrons. The number of nitrogens with zero attached hydrogens (tertiary/aromatic N) is 4. The second kappa shape index (κ2) is 6.78. The zero-order valence-corrected chi connectivity index (χ0v) is 13.4. The summed E-state index contributed by atoms with van der Waals surface area (Å²) in [6.07, 6.45) is -0.358. The zero-order valence-electron chi connectivity index (χ0n) is 13.4. The van der Waals surface area contributed by atoms with Crippen LogP contribution in [0.5, 0.6) is 5.75 Å². The number of nitrogens with one attached hydrogen (secondary N) is 1. The number of benzene rings is 1. The highest BCUT2D eigenvalue weighted by Gasteiger charge is 2.27. The molecule has 0 spiro atoms. The molecule has 1 aromatic heterocycles. The Morgan fingerprint density at radius 1 is 1.38 bits per heavy atom. The molecule has 0 atom stereocenters. The van der Waals surface area contributed by atoms with Crippen molar-refractivity contribution in [2.24, 2.45) is 5.10 Å². The van der Waals surface area contributed by atoms with Crippen LogP contribution in [0, 0.1) is 28.7 Å². The van der Waals surface area contributed by atoms with Gasteiger partial charge in [-0.2, -0.15) is 19.8 Å². The highest BCUT2D eigenvalue weighted by molar-refractivity contribution is 5.97. The smallest absolute Gasteiger partial charge is 0.308 e. The molecule has 0 unspecified atom stereocenters. The number of methoxy groups -OCH3 is 1. The quantitative estimate of drug-likeness (QED) is 0.370. The van der Waals surface area contributed by atoms with Gasteiger partial charge in [0.15, 0.2) is 0 Å². The molecule has 0 aliphatic carbocycles. The number of ether oxygens (including phenoxy) is 1. The first kappa shape index (κ1) is 17.0. The summed E-state index contributed by atoms with van der Waals surface area (Å²) in [5, 5.41) is 37.3. The monoisotopic (exact) mass is 329 g/mol. The Bertz CT molecular complexity index is 886. The van der Waals surface area contributed by atoms with E-state index in [1.54, 1.807) is 12.1 Å². The number of carbonyl (C=O) groups excluding carboxylic acids is 1. The van der Waals surface area contributed by atoms with E-state index in [0.29, 0.717) is 15.2 Å². The SMILES string of the molecule is COc1ccc2c(c1)[n+]([O-])c(/C(C)=N/NC(=O)CC#N)c(C)[n+]2[O-]. The van der Waals surface area contributed by atoms with E-state index < -0.39 is 5.91 Å². The highest BCUT2D eigenvalue weighted by Crippen LogP contribution is 2.17. The van der Waals surface area contributed by atoms with Crippen LogP contribution in [0.25, 0.3) is 11.0 Å². The van der Waals surface area contributed by atoms with Crippen LogP contribution in [-0.4, -0.2) is 18.7 Å². The highest BCUT2D eigenvalue weighted by atomic mass is 16.5. The molecule has 9 nitrogen and oxygen atoms in total. The average molecular weight is 329 g/mol. The molecule has 0 saturated heterocycles. The topological polar surface area (TPSA) is 128 Å². The first-order valence-electron chi connectivity index (χ1n) is 6.94. The van der Waals surface area contributed by atoms with Crippen molar-refractivity contribution < 1.29 is 19.0 Å². The minimum absolute atomic E-state index is 0.0167. The lowest BCUT2D eigenvalue weighted by Crippen LogP contribution is -2.46. The first-order valence-corrected chi connectivity index (χ1v) is 6.94. The predicted molar refractivity (Wildman–Crippen MR) is 83.7 cm³/mol. The second-order valence-corrected chi connectivity index (χ2v) is 4.94. The fraction of sp³-hybridized carbons (Fsp3) is 0.267. The number of fused-ring (bicyclic) bond motifs is 1. The van der Waals surface area contributed by atoms with Gasteiger partial charge in [0, 0.05) is 13.0 Å². The molecule has 0 bridgehead atoms. The van der Waals surface area contributed by atoms with E-state index in [9.17, 15) is 15.2 Å². The summed E-state index contributed by atoms with van der Waals surface area (Å²) < 4.78 is 6.26. The van der Waals surface area contributed by atoms with Gasteiger partial charge in [-0.3, -0.25) is 4.79 Å². The third kappa shape index (κ3) is 3.03. The molecule has 0 aliphatic heterocycles. The van der Waals surface area contributed by atoms with Crippen LogP contribution < -0.4 is 19.6 Å². The zero-order chi connectivity index (χ0) is 17.9. The number of nitriles is 1. The maximum Gasteiger partial charge on any atom is 0.308 e. The number of carbonyl (C=O) groups is 1. The van der Waals surface area contributed by atoms with Crippen LogP contribution in [0.1, 0.15) is 24.7 Å². The standard InChI is InChI=1S/C15H15N5O4/c1-9(17-18-14(21)6-7-16)15-10(2)19(22)12-5-4-11(24-3)8-13(12)20(15)23/h4-5,8H,6H2,1-3H3,(H,18,21)/b17-9+. The van der Waals surface area contributed by atoms with Crippen LogP contribution in [0.4, 0.5) is 0 Å². The van der Waals surface area contributed by atoms with Crippen LogP contribution >= 0.6 is 0 Å². The van der Waals surface area contributed by atoms with E-state index in [2.05, 4.69) is 10.5 Å². The number of hydrazone groups is 1. The number of amides is 1. The van der Waals surface area contributed by atoms with Crippen molar-refractivity contribution in [3.8, 4) is 11.8 Å². The largest absolute Gasteiger partial charge is 0.618 e. The van der Waals surface area contributed by atoms with Crippen molar-refractivity contribution in [1.82, 2.24) is 5.43 Å². The maximum absolute atomic E-state index is 12.6. The van der Waals surface area contributed by atoms with Gasteiger partial charge >= 0.3 is 5.69 Å². The Labute approximate surface area is 137 Å². The lowest BCUT2D eigenvalue weighted by molar-refractivity contribution is -0.634. The Balaban J connectivity index is 2.59. The molecule has 1 heterocycles. The van der Waals surface area contributed by atoms with Crippen LogP contribution in [0.2, 0.25) is 0 Å². The molecule has 24 heavy (non-hydrogen) atoms.